The van der Waals surface area contributed by atoms with Crippen molar-refractivity contribution in [2.24, 2.45) is 0 Å². The third-order valence-electron chi connectivity index (χ3n) is 5.61. The van der Waals surface area contributed by atoms with Crippen LogP contribution in [0, 0.1) is 0 Å². The highest BCUT2D eigenvalue weighted by atomic mass is 32.1. The SMILES string of the molecule is O=C(NCc1cccnc1)c1c(NC(=O)[C@@H]2COc3ccccc3O2)sc2c1CCCC2. The fraction of sp³-hybridized carbons (Fsp3) is 0.292. The molecule has 1 aliphatic carbocycles. The van der Waals surface area contributed by atoms with Gasteiger partial charge >= 0.3 is 0 Å². The van der Waals surface area contributed by atoms with Crippen LogP contribution in [-0.2, 0) is 24.2 Å². The van der Waals surface area contributed by atoms with E-state index in [9.17, 15) is 9.59 Å². The number of nitrogens with zero attached hydrogens (tertiary/aromatic N) is 1. The normalized spacial score (nSPS) is 16.7. The Labute approximate surface area is 189 Å². The maximum atomic E-state index is 13.2. The van der Waals surface area contributed by atoms with Crippen LogP contribution in [0.15, 0.2) is 48.8 Å². The molecule has 2 N–H and O–H groups in total. The summed E-state index contributed by atoms with van der Waals surface area (Å²) in [5.74, 6) is 0.659. The Morgan fingerprint density at radius 2 is 1.94 bits per heavy atom. The molecular formula is C24H23N3O4S. The summed E-state index contributed by atoms with van der Waals surface area (Å²) < 4.78 is 11.5. The van der Waals surface area contributed by atoms with Gasteiger partial charge in [-0.15, -0.1) is 11.3 Å². The molecule has 1 atom stereocenters. The second kappa shape index (κ2) is 9.00. The molecule has 5 rings (SSSR count). The third-order valence-corrected chi connectivity index (χ3v) is 6.82. The van der Waals surface area contributed by atoms with E-state index in [1.165, 1.54) is 16.2 Å². The van der Waals surface area contributed by atoms with Crippen LogP contribution in [0.3, 0.4) is 0 Å². The quantitative estimate of drug-likeness (QED) is 0.620. The average Bonchev–Trinajstić information content (AvgIpc) is 3.20. The molecule has 0 saturated carbocycles. The number of carbonyl (C=O) groups is 2. The summed E-state index contributed by atoms with van der Waals surface area (Å²) in [4.78, 5) is 31.4. The third kappa shape index (κ3) is 4.18. The highest BCUT2D eigenvalue weighted by Gasteiger charge is 2.31. The molecule has 1 aromatic carbocycles. The fourth-order valence-electron chi connectivity index (χ4n) is 4.01. The molecule has 2 aromatic heterocycles. The molecule has 0 fully saturated rings. The largest absolute Gasteiger partial charge is 0.485 e. The van der Waals surface area contributed by atoms with Crippen LogP contribution in [0.4, 0.5) is 5.00 Å². The molecule has 32 heavy (non-hydrogen) atoms. The van der Waals surface area contributed by atoms with E-state index in [1.807, 2.05) is 30.3 Å². The molecule has 0 unspecified atom stereocenters. The van der Waals surface area contributed by atoms with Gasteiger partial charge in [-0.1, -0.05) is 18.2 Å². The number of amides is 2. The first-order valence-electron chi connectivity index (χ1n) is 10.7. The predicted octanol–water partition coefficient (Wildman–Crippen LogP) is 3.73. The van der Waals surface area contributed by atoms with Crippen LogP contribution < -0.4 is 20.1 Å². The van der Waals surface area contributed by atoms with Gasteiger partial charge in [-0.2, -0.15) is 0 Å². The molecule has 3 aromatic rings. The molecule has 8 heteroatoms. The number of hydrogen-bond donors (Lipinski definition) is 2. The molecule has 0 radical (unpaired) electrons. The monoisotopic (exact) mass is 449 g/mol. The number of aromatic nitrogens is 1. The van der Waals surface area contributed by atoms with Crippen LogP contribution in [-0.4, -0.2) is 29.5 Å². The number of aryl methyl sites for hydroxylation is 1. The number of hydrogen-bond acceptors (Lipinski definition) is 6. The van der Waals surface area contributed by atoms with E-state index < -0.39 is 6.10 Å². The highest BCUT2D eigenvalue weighted by molar-refractivity contribution is 7.17. The van der Waals surface area contributed by atoms with E-state index in [4.69, 9.17) is 9.47 Å². The Bertz CT molecular complexity index is 1150. The number of para-hydroxylation sites is 2. The van der Waals surface area contributed by atoms with Crippen molar-refractivity contribution < 1.29 is 19.1 Å². The topological polar surface area (TPSA) is 89.6 Å². The first-order chi connectivity index (χ1) is 15.7. The molecule has 2 amide bonds. The minimum absolute atomic E-state index is 0.122. The van der Waals surface area contributed by atoms with Gasteiger partial charge in [-0.05, 0) is 55.0 Å². The second-order valence-electron chi connectivity index (χ2n) is 7.81. The van der Waals surface area contributed by atoms with Crippen molar-refractivity contribution in [3.63, 3.8) is 0 Å². The standard InChI is InChI=1S/C24H23N3O4S/c28-22(19-14-30-17-8-2-3-9-18(17)31-19)27-24-21(16-7-1-4-10-20(16)32-24)23(29)26-13-15-6-5-11-25-12-15/h2-3,5-6,8-9,11-12,19H,1,4,7,10,13-14H2,(H,26,29)(H,27,28)/t19-/m0/s1. The summed E-state index contributed by atoms with van der Waals surface area (Å²) in [5.41, 5.74) is 2.53. The zero-order valence-corrected chi connectivity index (χ0v) is 18.2. The van der Waals surface area contributed by atoms with E-state index in [0.717, 1.165) is 36.8 Å². The Kier molecular flexibility index (Phi) is 5.77. The molecule has 0 bridgehead atoms. The first-order valence-corrected chi connectivity index (χ1v) is 11.5. The van der Waals surface area contributed by atoms with Crippen molar-refractivity contribution in [1.29, 1.82) is 0 Å². The van der Waals surface area contributed by atoms with Crippen molar-refractivity contribution in [3.8, 4) is 11.5 Å². The number of rotatable bonds is 5. The zero-order valence-electron chi connectivity index (χ0n) is 17.4. The Morgan fingerprint density at radius 1 is 1.09 bits per heavy atom. The van der Waals surface area contributed by atoms with Crippen LogP contribution in [0.2, 0.25) is 0 Å². The number of nitrogens with one attached hydrogen (secondary N) is 2. The first kappa shape index (κ1) is 20.5. The molecule has 164 valence electrons. The van der Waals surface area contributed by atoms with Gasteiger partial charge in [0.1, 0.15) is 11.6 Å². The van der Waals surface area contributed by atoms with E-state index in [2.05, 4.69) is 15.6 Å². The van der Waals surface area contributed by atoms with Gasteiger partial charge in [0.15, 0.2) is 11.5 Å². The van der Waals surface area contributed by atoms with E-state index in [-0.39, 0.29) is 18.4 Å². The van der Waals surface area contributed by atoms with Gasteiger partial charge in [0.05, 0.1) is 5.56 Å². The van der Waals surface area contributed by atoms with E-state index in [0.29, 0.717) is 28.6 Å². The van der Waals surface area contributed by atoms with E-state index in [1.54, 1.807) is 18.5 Å². The highest BCUT2D eigenvalue weighted by Crippen LogP contribution is 2.39. The number of anilines is 1. The minimum atomic E-state index is -0.782. The Morgan fingerprint density at radius 3 is 2.78 bits per heavy atom. The molecule has 2 aliphatic rings. The molecule has 1 aliphatic heterocycles. The van der Waals surface area contributed by atoms with Gasteiger partial charge in [0.25, 0.3) is 11.8 Å². The molecular weight excluding hydrogens is 426 g/mol. The molecule has 3 heterocycles. The van der Waals surface area contributed by atoms with Gasteiger partial charge in [-0.25, -0.2) is 0 Å². The molecule has 7 nitrogen and oxygen atoms in total. The number of pyridine rings is 1. The van der Waals surface area contributed by atoms with Gasteiger partial charge in [0.2, 0.25) is 6.10 Å². The van der Waals surface area contributed by atoms with Gasteiger partial charge < -0.3 is 20.1 Å². The van der Waals surface area contributed by atoms with Crippen molar-refractivity contribution in [2.75, 3.05) is 11.9 Å². The Balaban J connectivity index is 1.35. The van der Waals surface area contributed by atoms with Crippen LogP contribution in [0.1, 0.15) is 39.2 Å². The lowest BCUT2D eigenvalue weighted by Gasteiger charge is -2.25. The average molecular weight is 450 g/mol. The van der Waals surface area contributed by atoms with E-state index >= 15 is 0 Å². The minimum Gasteiger partial charge on any atom is -0.485 e. The van der Waals surface area contributed by atoms with Gasteiger partial charge in [-0.3, -0.25) is 14.6 Å². The summed E-state index contributed by atoms with van der Waals surface area (Å²) in [6.45, 7) is 0.498. The number of thiophene rings is 1. The zero-order chi connectivity index (χ0) is 21.9. The summed E-state index contributed by atoms with van der Waals surface area (Å²) in [7, 11) is 0. The van der Waals surface area contributed by atoms with Crippen molar-refractivity contribution in [1.82, 2.24) is 10.3 Å². The summed E-state index contributed by atoms with van der Waals surface area (Å²) in [6, 6.07) is 11.0. The summed E-state index contributed by atoms with van der Waals surface area (Å²) in [6.07, 6.45) is 6.54. The van der Waals surface area contributed by atoms with Gasteiger partial charge in [0, 0.05) is 23.8 Å². The number of benzene rings is 1. The predicted molar refractivity (Wildman–Crippen MR) is 121 cm³/mol. The van der Waals surface area contributed by atoms with Crippen molar-refractivity contribution >= 4 is 28.2 Å². The number of ether oxygens (including phenoxy) is 2. The fourth-order valence-corrected chi connectivity index (χ4v) is 5.30. The Hall–Kier alpha value is -3.39. The maximum absolute atomic E-state index is 13.2. The van der Waals surface area contributed by atoms with Crippen LogP contribution in [0.25, 0.3) is 0 Å². The second-order valence-corrected chi connectivity index (χ2v) is 8.92. The lowest BCUT2D eigenvalue weighted by Crippen LogP contribution is -2.40. The summed E-state index contributed by atoms with van der Waals surface area (Å²) in [5, 5.41) is 6.50. The number of carbonyl (C=O) groups excluding carboxylic acids is 2. The maximum Gasteiger partial charge on any atom is 0.269 e. The molecule has 0 saturated heterocycles. The number of fused-ring (bicyclic) bond motifs is 2. The van der Waals surface area contributed by atoms with Crippen LogP contribution in [0.5, 0.6) is 11.5 Å². The van der Waals surface area contributed by atoms with Crippen molar-refractivity contribution in [3.05, 3.63) is 70.4 Å². The van der Waals surface area contributed by atoms with Crippen molar-refractivity contribution in [2.45, 2.75) is 38.3 Å². The smallest absolute Gasteiger partial charge is 0.269 e. The lowest BCUT2D eigenvalue weighted by molar-refractivity contribution is -0.125. The lowest BCUT2D eigenvalue weighted by atomic mass is 9.95. The van der Waals surface area contributed by atoms with Crippen LogP contribution >= 0.6 is 11.3 Å². The molecule has 0 spiro atoms. The summed E-state index contributed by atoms with van der Waals surface area (Å²) >= 11 is 1.49.